The number of rotatable bonds is 5. The third kappa shape index (κ3) is 4.02. The molecule has 8 aromatic rings. The minimum absolute atomic E-state index is 1.13. The van der Waals surface area contributed by atoms with Gasteiger partial charge in [-0.3, -0.25) is 0 Å². The van der Waals surface area contributed by atoms with Gasteiger partial charge in [-0.05, 0) is 102 Å². The van der Waals surface area contributed by atoms with E-state index in [9.17, 15) is 0 Å². The van der Waals surface area contributed by atoms with Crippen molar-refractivity contribution in [3.05, 3.63) is 176 Å². The molecular weight excluding hydrogens is 542 g/mol. The normalized spacial score (nSPS) is 11.6. The Morgan fingerprint density at radius 1 is 0.289 bits per heavy atom. The lowest BCUT2D eigenvalue weighted by atomic mass is 9.82. The molecule has 0 aliphatic heterocycles. The first kappa shape index (κ1) is 25.6. The zero-order chi connectivity index (χ0) is 29.7. The topological polar surface area (TPSA) is 3.24 Å². The van der Waals surface area contributed by atoms with Crippen molar-refractivity contribution in [1.82, 2.24) is 0 Å². The lowest BCUT2D eigenvalue weighted by Crippen LogP contribution is -2.09. The summed E-state index contributed by atoms with van der Waals surface area (Å²) >= 11 is 0. The Morgan fingerprint density at radius 3 is 1.22 bits per heavy atom. The van der Waals surface area contributed by atoms with Gasteiger partial charge in [-0.2, -0.15) is 0 Å². The lowest BCUT2D eigenvalue weighted by molar-refractivity contribution is 1.28. The summed E-state index contributed by atoms with van der Waals surface area (Å²) in [5.74, 6) is 0. The number of anilines is 3. The molecule has 1 heteroatoms. The van der Waals surface area contributed by atoms with Gasteiger partial charge in [0.2, 0.25) is 0 Å². The SMILES string of the molecule is c1ccc(-c2c3c(c(-c4ccc(N(c5ccccc5)c5ccccc5)cc4)c4ccccc24)-c2cccc4cccc-3c24)cc1. The van der Waals surface area contributed by atoms with E-state index in [1.54, 1.807) is 0 Å². The van der Waals surface area contributed by atoms with E-state index in [2.05, 4.69) is 181 Å². The van der Waals surface area contributed by atoms with E-state index in [4.69, 9.17) is 0 Å². The highest BCUT2D eigenvalue weighted by molar-refractivity contribution is 6.27. The molecule has 0 N–H and O–H groups in total. The van der Waals surface area contributed by atoms with Crippen LogP contribution in [0.15, 0.2) is 176 Å². The molecule has 0 saturated carbocycles. The van der Waals surface area contributed by atoms with E-state index >= 15 is 0 Å². The Labute approximate surface area is 263 Å². The first-order valence-corrected chi connectivity index (χ1v) is 15.5. The van der Waals surface area contributed by atoms with Gasteiger partial charge >= 0.3 is 0 Å². The van der Waals surface area contributed by atoms with Crippen LogP contribution in [0.25, 0.3) is 66.1 Å². The van der Waals surface area contributed by atoms with Gasteiger partial charge < -0.3 is 4.90 Å². The second-order valence-corrected chi connectivity index (χ2v) is 11.7. The van der Waals surface area contributed by atoms with Crippen LogP contribution in [0.1, 0.15) is 0 Å². The van der Waals surface area contributed by atoms with Crippen LogP contribution in [0.4, 0.5) is 17.1 Å². The van der Waals surface area contributed by atoms with Gasteiger partial charge in [0.05, 0.1) is 0 Å². The molecule has 8 aromatic carbocycles. The summed E-state index contributed by atoms with van der Waals surface area (Å²) in [6, 6.07) is 63.7. The van der Waals surface area contributed by atoms with Gasteiger partial charge in [-0.15, -0.1) is 0 Å². The Bertz CT molecular complexity index is 2290. The maximum Gasteiger partial charge on any atom is 0.0462 e. The first-order chi connectivity index (χ1) is 22.4. The molecule has 1 nitrogen and oxygen atoms in total. The van der Waals surface area contributed by atoms with Gasteiger partial charge in [0, 0.05) is 17.1 Å². The quantitative estimate of drug-likeness (QED) is 0.199. The number of benzene rings is 8. The molecule has 0 bridgehead atoms. The number of hydrogen-bond donors (Lipinski definition) is 0. The number of para-hydroxylation sites is 2. The Kier molecular flexibility index (Phi) is 5.89. The first-order valence-electron chi connectivity index (χ1n) is 15.5. The average Bonchev–Trinajstić information content (AvgIpc) is 3.44. The maximum atomic E-state index is 2.32. The molecule has 0 fully saturated rings. The second-order valence-electron chi connectivity index (χ2n) is 11.7. The van der Waals surface area contributed by atoms with Crippen molar-refractivity contribution in [3.63, 3.8) is 0 Å². The zero-order valence-electron chi connectivity index (χ0n) is 24.7. The van der Waals surface area contributed by atoms with Crippen LogP contribution in [0.5, 0.6) is 0 Å². The molecule has 0 unspecified atom stereocenters. The molecule has 210 valence electrons. The van der Waals surface area contributed by atoms with Crippen molar-refractivity contribution in [1.29, 1.82) is 0 Å². The number of hydrogen-bond acceptors (Lipinski definition) is 1. The van der Waals surface area contributed by atoms with E-state index in [0.717, 1.165) is 17.1 Å². The minimum atomic E-state index is 1.13. The van der Waals surface area contributed by atoms with E-state index in [0.29, 0.717) is 0 Å². The van der Waals surface area contributed by atoms with Crippen LogP contribution in [0.2, 0.25) is 0 Å². The van der Waals surface area contributed by atoms with E-state index < -0.39 is 0 Å². The number of fused-ring (bicyclic) bond motifs is 4. The van der Waals surface area contributed by atoms with Crippen molar-refractivity contribution in [2.75, 3.05) is 4.90 Å². The van der Waals surface area contributed by atoms with Crippen molar-refractivity contribution < 1.29 is 0 Å². The van der Waals surface area contributed by atoms with Crippen molar-refractivity contribution in [2.45, 2.75) is 0 Å². The Morgan fingerprint density at radius 2 is 0.711 bits per heavy atom. The summed E-state index contributed by atoms with van der Waals surface area (Å²) in [7, 11) is 0. The van der Waals surface area contributed by atoms with Crippen LogP contribution in [-0.4, -0.2) is 0 Å². The standard InChI is InChI=1S/C44H29N/c1-4-14-31(15-5-1)41-36-22-10-11-23-37(36)42(44-39-25-13-17-30-16-12-24-38(40(30)39)43(41)44)32-26-28-35(29-27-32)45(33-18-6-2-7-19-33)34-20-8-3-9-21-34/h1-29H. The third-order valence-electron chi connectivity index (χ3n) is 9.16. The Hall–Kier alpha value is -5.92. The van der Waals surface area contributed by atoms with Gasteiger partial charge in [-0.1, -0.05) is 140 Å². The third-order valence-corrected chi connectivity index (χ3v) is 9.16. The predicted molar refractivity (Wildman–Crippen MR) is 191 cm³/mol. The average molecular weight is 572 g/mol. The highest BCUT2D eigenvalue weighted by Crippen LogP contribution is 2.57. The molecule has 0 saturated heterocycles. The highest BCUT2D eigenvalue weighted by Gasteiger charge is 2.30. The monoisotopic (exact) mass is 571 g/mol. The fourth-order valence-electron chi connectivity index (χ4n) is 7.32. The zero-order valence-corrected chi connectivity index (χ0v) is 24.7. The molecule has 0 spiro atoms. The maximum absolute atomic E-state index is 2.32. The summed E-state index contributed by atoms with van der Waals surface area (Å²) in [6.07, 6.45) is 0. The van der Waals surface area contributed by atoms with Gasteiger partial charge in [-0.25, -0.2) is 0 Å². The lowest BCUT2D eigenvalue weighted by Gasteiger charge is -2.26. The summed E-state index contributed by atoms with van der Waals surface area (Å²) in [6.45, 7) is 0. The second kappa shape index (κ2) is 10.4. The van der Waals surface area contributed by atoms with Crippen LogP contribution in [0.3, 0.4) is 0 Å². The molecule has 1 aliphatic carbocycles. The number of nitrogens with zero attached hydrogens (tertiary/aromatic N) is 1. The predicted octanol–water partition coefficient (Wildman–Crippen LogP) is 12.4. The summed E-state index contributed by atoms with van der Waals surface area (Å²) in [5.41, 5.74) is 13.8. The fourth-order valence-corrected chi connectivity index (χ4v) is 7.32. The van der Waals surface area contributed by atoms with Crippen LogP contribution < -0.4 is 4.90 Å². The summed E-state index contributed by atoms with van der Waals surface area (Å²) < 4.78 is 0. The van der Waals surface area contributed by atoms with Crippen molar-refractivity contribution in [2.24, 2.45) is 0 Å². The van der Waals surface area contributed by atoms with E-state index in [1.807, 2.05) is 0 Å². The molecule has 1 aliphatic rings. The van der Waals surface area contributed by atoms with Crippen molar-refractivity contribution in [3.8, 4) is 44.5 Å². The molecule has 0 amide bonds. The van der Waals surface area contributed by atoms with E-state index in [1.165, 1.54) is 66.1 Å². The minimum Gasteiger partial charge on any atom is -0.311 e. The molecule has 0 heterocycles. The molecule has 0 atom stereocenters. The van der Waals surface area contributed by atoms with Crippen molar-refractivity contribution >= 4 is 38.6 Å². The van der Waals surface area contributed by atoms with Gasteiger partial charge in [0.25, 0.3) is 0 Å². The summed E-state index contributed by atoms with van der Waals surface area (Å²) in [4.78, 5) is 2.32. The largest absolute Gasteiger partial charge is 0.311 e. The van der Waals surface area contributed by atoms with E-state index in [-0.39, 0.29) is 0 Å². The molecule has 45 heavy (non-hydrogen) atoms. The molecular formula is C44H29N. The molecule has 9 rings (SSSR count). The van der Waals surface area contributed by atoms with Crippen LogP contribution >= 0.6 is 0 Å². The molecule has 0 radical (unpaired) electrons. The smallest absolute Gasteiger partial charge is 0.0462 e. The highest BCUT2D eigenvalue weighted by atomic mass is 15.1. The van der Waals surface area contributed by atoms with Crippen LogP contribution in [0, 0.1) is 0 Å². The Balaban J connectivity index is 1.32. The van der Waals surface area contributed by atoms with Gasteiger partial charge in [0.15, 0.2) is 0 Å². The molecule has 0 aromatic heterocycles. The van der Waals surface area contributed by atoms with Crippen LogP contribution in [-0.2, 0) is 0 Å². The summed E-state index contributed by atoms with van der Waals surface area (Å²) in [5, 5.41) is 5.18. The van der Waals surface area contributed by atoms with Gasteiger partial charge in [0.1, 0.15) is 0 Å². The fraction of sp³-hybridized carbons (Fsp3) is 0.